The maximum Gasteiger partial charge on any atom is 0.134 e. The van der Waals surface area contributed by atoms with Crippen molar-refractivity contribution in [3.63, 3.8) is 0 Å². The molecule has 0 aliphatic rings. The molecule has 0 saturated carbocycles. The number of nitrogens with one attached hydrogen (secondary N) is 1. The van der Waals surface area contributed by atoms with E-state index in [2.05, 4.69) is 11.4 Å². The molecule has 3 heteroatoms. The summed E-state index contributed by atoms with van der Waals surface area (Å²) < 4.78 is 19.8. The van der Waals surface area contributed by atoms with E-state index in [1.54, 1.807) is 12.1 Å². The zero-order valence-corrected chi connectivity index (χ0v) is 12.2. The van der Waals surface area contributed by atoms with Gasteiger partial charge >= 0.3 is 0 Å². The van der Waals surface area contributed by atoms with Crippen molar-refractivity contribution in [3.05, 3.63) is 58.9 Å². The highest BCUT2D eigenvalue weighted by atomic mass is 19.1. The van der Waals surface area contributed by atoms with Crippen LogP contribution in [0.4, 0.5) is 4.39 Å². The Bertz CT molecular complexity index is 596. The molecule has 2 nitrogen and oxygen atoms in total. The second-order valence-corrected chi connectivity index (χ2v) is 4.87. The van der Waals surface area contributed by atoms with Gasteiger partial charge in [-0.05, 0) is 44.2 Å². The van der Waals surface area contributed by atoms with Crippen LogP contribution < -0.4 is 10.1 Å². The van der Waals surface area contributed by atoms with Gasteiger partial charge in [0.25, 0.3) is 0 Å². The maximum atomic E-state index is 13.9. The zero-order chi connectivity index (χ0) is 14.5. The molecule has 0 aromatic heterocycles. The van der Waals surface area contributed by atoms with E-state index in [1.807, 2.05) is 32.9 Å². The van der Waals surface area contributed by atoms with Crippen LogP contribution in [-0.4, -0.2) is 6.54 Å². The molecule has 0 aliphatic heterocycles. The van der Waals surface area contributed by atoms with Crippen molar-refractivity contribution in [2.75, 3.05) is 6.54 Å². The van der Waals surface area contributed by atoms with E-state index in [-0.39, 0.29) is 5.82 Å². The summed E-state index contributed by atoms with van der Waals surface area (Å²) in [4.78, 5) is 0. The lowest BCUT2D eigenvalue weighted by molar-refractivity contribution is 0.459. The largest absolute Gasteiger partial charge is 0.457 e. The predicted molar refractivity (Wildman–Crippen MR) is 79.8 cm³/mol. The third-order valence-corrected chi connectivity index (χ3v) is 3.18. The van der Waals surface area contributed by atoms with Gasteiger partial charge in [-0.2, -0.15) is 0 Å². The molecular formula is C17H20FNO. The Kier molecular flexibility index (Phi) is 4.74. The number of hydrogen-bond donors (Lipinski definition) is 1. The van der Waals surface area contributed by atoms with Gasteiger partial charge in [-0.1, -0.05) is 30.7 Å². The Labute approximate surface area is 119 Å². The molecule has 0 aliphatic carbocycles. The third-order valence-electron chi connectivity index (χ3n) is 3.18. The molecular weight excluding hydrogens is 253 g/mol. The molecule has 1 N–H and O–H groups in total. The molecule has 20 heavy (non-hydrogen) atoms. The van der Waals surface area contributed by atoms with E-state index in [9.17, 15) is 4.39 Å². The van der Waals surface area contributed by atoms with Gasteiger partial charge < -0.3 is 10.1 Å². The second-order valence-electron chi connectivity index (χ2n) is 4.87. The minimum atomic E-state index is -0.242. The summed E-state index contributed by atoms with van der Waals surface area (Å²) in [6.45, 7) is 7.27. The number of hydrogen-bond acceptors (Lipinski definition) is 2. The van der Waals surface area contributed by atoms with Crippen molar-refractivity contribution in [2.45, 2.75) is 27.3 Å². The van der Waals surface area contributed by atoms with Gasteiger partial charge in [0.2, 0.25) is 0 Å². The number of rotatable bonds is 5. The zero-order valence-electron chi connectivity index (χ0n) is 12.2. The molecule has 0 atom stereocenters. The molecule has 0 heterocycles. The lowest BCUT2D eigenvalue weighted by atomic mass is 10.1. The number of ether oxygens (including phenoxy) is 1. The fourth-order valence-corrected chi connectivity index (χ4v) is 2.09. The van der Waals surface area contributed by atoms with Crippen LogP contribution in [0.1, 0.15) is 23.6 Å². The molecule has 106 valence electrons. The van der Waals surface area contributed by atoms with E-state index in [1.165, 1.54) is 11.6 Å². The summed E-state index contributed by atoms with van der Waals surface area (Å²) in [5.74, 6) is 1.09. The highest BCUT2D eigenvalue weighted by molar-refractivity contribution is 5.42. The Morgan fingerprint density at radius 1 is 1.10 bits per heavy atom. The monoisotopic (exact) mass is 273 g/mol. The topological polar surface area (TPSA) is 21.3 Å². The Balaban J connectivity index is 2.30. The first-order valence-electron chi connectivity index (χ1n) is 6.85. The van der Waals surface area contributed by atoms with Gasteiger partial charge in [-0.25, -0.2) is 4.39 Å². The third kappa shape index (κ3) is 3.36. The summed E-state index contributed by atoms with van der Waals surface area (Å²) in [5, 5.41) is 3.14. The average molecular weight is 273 g/mol. The van der Waals surface area contributed by atoms with Gasteiger partial charge in [0.15, 0.2) is 0 Å². The molecule has 0 saturated heterocycles. The van der Waals surface area contributed by atoms with Crippen LogP contribution in [0.2, 0.25) is 0 Å². The summed E-state index contributed by atoms with van der Waals surface area (Å²) in [5.41, 5.74) is 2.79. The van der Waals surface area contributed by atoms with Crippen LogP contribution in [0.3, 0.4) is 0 Å². The summed E-state index contributed by atoms with van der Waals surface area (Å²) in [6, 6.07) is 10.9. The molecule has 0 amide bonds. The SMILES string of the molecule is CCNCc1c(F)cccc1Oc1ccc(C)cc1C. The van der Waals surface area contributed by atoms with Crippen molar-refractivity contribution < 1.29 is 9.13 Å². The Morgan fingerprint density at radius 2 is 1.90 bits per heavy atom. The van der Waals surface area contributed by atoms with E-state index in [0.717, 1.165) is 17.9 Å². The van der Waals surface area contributed by atoms with Crippen LogP contribution >= 0.6 is 0 Å². The van der Waals surface area contributed by atoms with Gasteiger partial charge in [0, 0.05) is 12.1 Å². The smallest absolute Gasteiger partial charge is 0.134 e. The molecule has 2 aromatic carbocycles. The fraction of sp³-hybridized carbons (Fsp3) is 0.294. The van der Waals surface area contributed by atoms with Gasteiger partial charge in [0.05, 0.1) is 0 Å². The fourth-order valence-electron chi connectivity index (χ4n) is 2.09. The summed E-state index contributed by atoms with van der Waals surface area (Å²) >= 11 is 0. The molecule has 0 bridgehead atoms. The van der Waals surface area contributed by atoms with Gasteiger partial charge in [0.1, 0.15) is 17.3 Å². The second kappa shape index (κ2) is 6.53. The highest BCUT2D eigenvalue weighted by Gasteiger charge is 2.11. The normalized spacial score (nSPS) is 10.6. The van der Waals surface area contributed by atoms with Crippen molar-refractivity contribution in [1.29, 1.82) is 0 Å². The summed E-state index contributed by atoms with van der Waals surface area (Å²) in [6.07, 6.45) is 0. The van der Waals surface area contributed by atoms with E-state index >= 15 is 0 Å². The Morgan fingerprint density at radius 3 is 2.60 bits per heavy atom. The van der Waals surface area contributed by atoms with Crippen molar-refractivity contribution in [3.8, 4) is 11.5 Å². The molecule has 0 fully saturated rings. The lowest BCUT2D eigenvalue weighted by Crippen LogP contribution is -2.13. The average Bonchev–Trinajstić information content (AvgIpc) is 2.41. The molecule has 0 unspecified atom stereocenters. The molecule has 2 rings (SSSR count). The van der Waals surface area contributed by atoms with Crippen molar-refractivity contribution >= 4 is 0 Å². The van der Waals surface area contributed by atoms with Crippen LogP contribution in [0, 0.1) is 19.7 Å². The first-order valence-corrected chi connectivity index (χ1v) is 6.85. The van der Waals surface area contributed by atoms with Crippen LogP contribution in [-0.2, 0) is 6.54 Å². The van der Waals surface area contributed by atoms with Crippen LogP contribution in [0.15, 0.2) is 36.4 Å². The number of aryl methyl sites for hydroxylation is 2. The highest BCUT2D eigenvalue weighted by Crippen LogP contribution is 2.29. The standard InChI is InChI=1S/C17H20FNO/c1-4-19-11-14-15(18)6-5-7-17(14)20-16-9-8-12(2)10-13(16)3/h5-10,19H,4,11H2,1-3H3. The molecule has 0 radical (unpaired) electrons. The van der Waals surface area contributed by atoms with Crippen molar-refractivity contribution in [2.24, 2.45) is 0 Å². The van der Waals surface area contributed by atoms with Gasteiger partial charge in [-0.3, -0.25) is 0 Å². The first-order chi connectivity index (χ1) is 9.61. The van der Waals surface area contributed by atoms with E-state index in [4.69, 9.17) is 4.74 Å². The minimum Gasteiger partial charge on any atom is -0.457 e. The predicted octanol–water partition coefficient (Wildman–Crippen LogP) is 4.34. The summed E-state index contributed by atoms with van der Waals surface area (Å²) in [7, 11) is 0. The molecule has 0 spiro atoms. The minimum absolute atomic E-state index is 0.242. The first kappa shape index (κ1) is 14.5. The van der Waals surface area contributed by atoms with E-state index in [0.29, 0.717) is 17.9 Å². The van der Waals surface area contributed by atoms with Crippen LogP contribution in [0.5, 0.6) is 11.5 Å². The quantitative estimate of drug-likeness (QED) is 0.874. The van der Waals surface area contributed by atoms with Crippen molar-refractivity contribution in [1.82, 2.24) is 5.32 Å². The number of halogens is 1. The Hall–Kier alpha value is -1.87. The lowest BCUT2D eigenvalue weighted by Gasteiger charge is -2.14. The molecule has 2 aromatic rings. The number of benzene rings is 2. The van der Waals surface area contributed by atoms with E-state index < -0.39 is 0 Å². The van der Waals surface area contributed by atoms with Gasteiger partial charge in [-0.15, -0.1) is 0 Å². The maximum absolute atomic E-state index is 13.9. The van der Waals surface area contributed by atoms with Crippen LogP contribution in [0.25, 0.3) is 0 Å².